The average molecular weight is 158 g/mol. The number of rotatable bonds is 2. The van der Waals surface area contributed by atoms with E-state index in [-0.39, 0.29) is 0 Å². The molecule has 0 bridgehead atoms. The fraction of sp³-hybridized carbons (Fsp3) is 1.00. The minimum atomic E-state index is 0.621. The number of hydrogen-bond donors (Lipinski definition) is 0. The summed E-state index contributed by atoms with van der Waals surface area (Å²) in [6.07, 6.45) is 0. The van der Waals surface area contributed by atoms with Crippen LogP contribution in [0.25, 0.3) is 0 Å². The van der Waals surface area contributed by atoms with Crippen LogP contribution >= 0.6 is 0 Å². The quantitative estimate of drug-likeness (QED) is 0.584. The molecule has 0 aromatic rings. The molecule has 1 aliphatic heterocycles. The van der Waals surface area contributed by atoms with Gasteiger partial charge in [0, 0.05) is 25.7 Å². The van der Waals surface area contributed by atoms with E-state index in [0.29, 0.717) is 6.04 Å². The zero-order chi connectivity index (χ0) is 8.27. The summed E-state index contributed by atoms with van der Waals surface area (Å²) in [5, 5.41) is 2.06. The van der Waals surface area contributed by atoms with Crippen molar-refractivity contribution in [1.29, 1.82) is 0 Å². The van der Waals surface area contributed by atoms with Gasteiger partial charge in [0.1, 0.15) is 0 Å². The zero-order valence-electron chi connectivity index (χ0n) is 7.71. The Morgan fingerprint density at radius 1 is 1.45 bits per heavy atom. The van der Waals surface area contributed by atoms with E-state index in [1.807, 2.05) is 6.92 Å². The summed E-state index contributed by atoms with van der Waals surface area (Å²) in [6, 6.07) is 0.621. The van der Waals surface area contributed by atoms with Crippen molar-refractivity contribution in [3.8, 4) is 0 Å². The Balaban J connectivity index is 2.28. The summed E-state index contributed by atoms with van der Waals surface area (Å²) in [5.74, 6) is 0. The molecule has 1 saturated heterocycles. The lowest BCUT2D eigenvalue weighted by molar-refractivity contribution is -0.180. The molecule has 0 saturated carbocycles. The van der Waals surface area contributed by atoms with Crippen LogP contribution in [0.3, 0.4) is 0 Å². The van der Waals surface area contributed by atoms with E-state index >= 15 is 0 Å². The predicted molar refractivity (Wildman–Crippen MR) is 45.3 cm³/mol. The van der Waals surface area contributed by atoms with Crippen molar-refractivity contribution in [1.82, 2.24) is 9.96 Å². The highest BCUT2D eigenvalue weighted by molar-refractivity contribution is 4.72. The van der Waals surface area contributed by atoms with Gasteiger partial charge in [0.25, 0.3) is 0 Å². The van der Waals surface area contributed by atoms with E-state index in [1.54, 1.807) is 0 Å². The molecule has 1 fully saturated rings. The maximum Gasteiger partial charge on any atom is 0.0656 e. The van der Waals surface area contributed by atoms with Crippen LogP contribution in [0.15, 0.2) is 0 Å². The molecule has 1 aliphatic rings. The van der Waals surface area contributed by atoms with E-state index in [1.165, 1.54) is 0 Å². The highest BCUT2D eigenvalue weighted by Crippen LogP contribution is 2.06. The van der Waals surface area contributed by atoms with Gasteiger partial charge >= 0.3 is 0 Å². The van der Waals surface area contributed by atoms with Crippen molar-refractivity contribution in [3.63, 3.8) is 0 Å². The Hall–Kier alpha value is -0.120. The van der Waals surface area contributed by atoms with Gasteiger partial charge < -0.3 is 4.90 Å². The summed E-state index contributed by atoms with van der Waals surface area (Å²) in [5.41, 5.74) is 0. The monoisotopic (exact) mass is 158 g/mol. The second-order valence-corrected chi connectivity index (χ2v) is 3.14. The molecule has 0 aromatic heterocycles. The number of likely N-dealkylation sites (N-methyl/N-ethyl adjacent to an activating group) is 1. The molecule has 11 heavy (non-hydrogen) atoms. The molecule has 0 aromatic carbocycles. The lowest BCUT2D eigenvalue weighted by Gasteiger charge is -2.36. The van der Waals surface area contributed by atoms with Gasteiger partial charge in [0.05, 0.1) is 6.61 Å². The number of hydrogen-bond acceptors (Lipinski definition) is 3. The first kappa shape index (κ1) is 8.97. The van der Waals surface area contributed by atoms with Crippen molar-refractivity contribution in [2.24, 2.45) is 0 Å². The third-order valence-corrected chi connectivity index (χ3v) is 2.23. The Bertz CT molecular complexity index is 119. The van der Waals surface area contributed by atoms with Crippen LogP contribution in [0.5, 0.6) is 0 Å². The third kappa shape index (κ3) is 2.43. The van der Waals surface area contributed by atoms with Crippen LogP contribution in [0, 0.1) is 0 Å². The van der Waals surface area contributed by atoms with E-state index in [0.717, 1.165) is 26.2 Å². The van der Waals surface area contributed by atoms with Crippen LogP contribution in [0.1, 0.15) is 13.8 Å². The molecule has 3 heteroatoms. The Labute approximate surface area is 68.9 Å². The minimum Gasteiger partial charge on any atom is -0.301 e. The molecule has 0 amide bonds. The number of hydroxylamine groups is 2. The van der Waals surface area contributed by atoms with Crippen LogP contribution in [0.4, 0.5) is 0 Å². The maximum atomic E-state index is 5.41. The Morgan fingerprint density at radius 2 is 2.18 bits per heavy atom. The molecule has 0 radical (unpaired) electrons. The van der Waals surface area contributed by atoms with Gasteiger partial charge in [0.2, 0.25) is 0 Å². The number of nitrogens with zero attached hydrogens (tertiary/aromatic N) is 2. The second kappa shape index (κ2) is 4.04. The third-order valence-electron chi connectivity index (χ3n) is 2.23. The SMILES string of the molecule is CCON1CCN(C)C(C)C1. The highest BCUT2D eigenvalue weighted by atomic mass is 16.7. The highest BCUT2D eigenvalue weighted by Gasteiger charge is 2.20. The van der Waals surface area contributed by atoms with Gasteiger partial charge in [-0.25, -0.2) is 0 Å². The largest absolute Gasteiger partial charge is 0.301 e. The molecule has 1 atom stereocenters. The topological polar surface area (TPSA) is 15.7 Å². The predicted octanol–water partition coefficient (Wildman–Crippen LogP) is 0.574. The molecule has 1 unspecified atom stereocenters. The Kier molecular flexibility index (Phi) is 3.30. The van der Waals surface area contributed by atoms with E-state index in [2.05, 4.69) is 23.9 Å². The average Bonchev–Trinajstić information content (AvgIpc) is 1.98. The van der Waals surface area contributed by atoms with Gasteiger partial charge in [-0.15, -0.1) is 0 Å². The Morgan fingerprint density at radius 3 is 2.73 bits per heavy atom. The fourth-order valence-corrected chi connectivity index (χ4v) is 1.31. The molecule has 1 heterocycles. The maximum absolute atomic E-state index is 5.41. The summed E-state index contributed by atoms with van der Waals surface area (Å²) >= 11 is 0. The van der Waals surface area contributed by atoms with Gasteiger partial charge in [-0.1, -0.05) is 0 Å². The molecule has 0 spiro atoms. The van der Waals surface area contributed by atoms with Crippen LogP contribution < -0.4 is 0 Å². The zero-order valence-corrected chi connectivity index (χ0v) is 7.71. The van der Waals surface area contributed by atoms with Crippen molar-refractivity contribution < 1.29 is 4.84 Å². The standard InChI is InChI=1S/C8H18N2O/c1-4-11-10-6-5-9(3)8(2)7-10/h8H,4-7H2,1-3H3. The summed E-state index contributed by atoms with van der Waals surface area (Å²) in [7, 11) is 2.16. The van der Waals surface area contributed by atoms with E-state index in [4.69, 9.17) is 4.84 Å². The first-order chi connectivity index (χ1) is 5.24. The molecule has 0 aliphatic carbocycles. The van der Waals surface area contributed by atoms with E-state index < -0.39 is 0 Å². The van der Waals surface area contributed by atoms with Gasteiger partial charge in [-0.3, -0.25) is 4.84 Å². The van der Waals surface area contributed by atoms with Gasteiger partial charge in [-0.05, 0) is 20.9 Å². The van der Waals surface area contributed by atoms with E-state index in [9.17, 15) is 0 Å². The molecule has 66 valence electrons. The first-order valence-corrected chi connectivity index (χ1v) is 4.32. The van der Waals surface area contributed by atoms with Crippen molar-refractivity contribution in [2.75, 3.05) is 33.3 Å². The van der Waals surface area contributed by atoms with Gasteiger partial charge in [0.15, 0.2) is 0 Å². The van der Waals surface area contributed by atoms with Crippen LogP contribution in [-0.4, -0.2) is 49.3 Å². The van der Waals surface area contributed by atoms with Crippen LogP contribution in [-0.2, 0) is 4.84 Å². The van der Waals surface area contributed by atoms with Crippen molar-refractivity contribution >= 4 is 0 Å². The smallest absolute Gasteiger partial charge is 0.0656 e. The lowest BCUT2D eigenvalue weighted by Crippen LogP contribution is -2.49. The summed E-state index contributed by atoms with van der Waals surface area (Å²) in [4.78, 5) is 7.76. The van der Waals surface area contributed by atoms with Crippen molar-refractivity contribution in [2.45, 2.75) is 19.9 Å². The molecule has 3 nitrogen and oxygen atoms in total. The normalized spacial score (nSPS) is 29.2. The summed E-state index contributed by atoms with van der Waals surface area (Å²) in [6.45, 7) is 8.23. The first-order valence-electron chi connectivity index (χ1n) is 4.32. The molecular weight excluding hydrogens is 140 g/mol. The minimum absolute atomic E-state index is 0.621. The second-order valence-electron chi connectivity index (χ2n) is 3.14. The summed E-state index contributed by atoms with van der Waals surface area (Å²) < 4.78 is 0. The molecule has 1 rings (SSSR count). The van der Waals surface area contributed by atoms with Crippen molar-refractivity contribution in [3.05, 3.63) is 0 Å². The lowest BCUT2D eigenvalue weighted by atomic mass is 10.2. The van der Waals surface area contributed by atoms with Crippen LogP contribution in [0.2, 0.25) is 0 Å². The molecular formula is C8H18N2O. The fourth-order valence-electron chi connectivity index (χ4n) is 1.31. The number of piperazine rings is 1. The van der Waals surface area contributed by atoms with Gasteiger partial charge in [-0.2, -0.15) is 5.06 Å². The molecule has 0 N–H and O–H groups in total.